The quantitative estimate of drug-likeness (QED) is 0.455. The van der Waals surface area contributed by atoms with E-state index in [2.05, 4.69) is 20.3 Å². The first-order valence-corrected chi connectivity index (χ1v) is 9.31. The van der Waals surface area contributed by atoms with Crippen LogP contribution in [-0.4, -0.2) is 15.0 Å². The molecule has 7 nitrogen and oxygen atoms in total. The number of fused-ring (bicyclic) bond motifs is 1. The monoisotopic (exact) mass is 417 g/mol. The maximum Gasteiger partial charge on any atom is 0.224 e. The molecular formula is C22H17F2N7. The van der Waals surface area contributed by atoms with E-state index in [1.165, 1.54) is 24.3 Å². The fourth-order valence-electron chi connectivity index (χ4n) is 3.35. The minimum absolute atomic E-state index is 0.0397. The van der Waals surface area contributed by atoms with Crippen LogP contribution in [0.1, 0.15) is 24.1 Å². The Labute approximate surface area is 176 Å². The number of nitrogens with one attached hydrogen (secondary N) is 1. The molecule has 9 heteroatoms. The average molecular weight is 417 g/mol. The molecule has 4 rings (SSSR count). The van der Waals surface area contributed by atoms with Gasteiger partial charge in [-0.3, -0.25) is 0 Å². The highest BCUT2D eigenvalue weighted by Crippen LogP contribution is 2.33. The van der Waals surface area contributed by atoms with Gasteiger partial charge in [-0.25, -0.2) is 13.8 Å². The lowest BCUT2D eigenvalue weighted by Gasteiger charge is -2.20. The summed E-state index contributed by atoms with van der Waals surface area (Å²) < 4.78 is 27.7. The van der Waals surface area contributed by atoms with Gasteiger partial charge in [0.2, 0.25) is 5.95 Å². The van der Waals surface area contributed by atoms with Crippen molar-refractivity contribution in [3.05, 3.63) is 71.3 Å². The maximum atomic E-state index is 13.9. The fourth-order valence-corrected chi connectivity index (χ4v) is 3.35. The molecule has 2 heterocycles. The molecule has 31 heavy (non-hydrogen) atoms. The number of hydrogen-bond donors (Lipinski definition) is 3. The number of nitriles is 1. The molecule has 0 bridgehead atoms. The van der Waals surface area contributed by atoms with Crippen molar-refractivity contribution >= 4 is 28.5 Å². The van der Waals surface area contributed by atoms with Crippen molar-refractivity contribution in [2.24, 2.45) is 0 Å². The topological polar surface area (TPSA) is 127 Å². The summed E-state index contributed by atoms with van der Waals surface area (Å²) in [4.78, 5) is 12.5. The number of nitrogen functional groups attached to an aromatic ring is 2. The lowest BCUT2D eigenvalue weighted by atomic mass is 9.98. The summed E-state index contributed by atoms with van der Waals surface area (Å²) in [5.41, 5.74) is 13.6. The molecule has 0 saturated carbocycles. The Bertz CT molecular complexity index is 1350. The lowest BCUT2D eigenvalue weighted by Crippen LogP contribution is -2.14. The molecule has 2 aromatic heterocycles. The van der Waals surface area contributed by atoms with Crippen LogP contribution < -0.4 is 16.8 Å². The first kappa shape index (κ1) is 20.0. The number of hydrogen-bond acceptors (Lipinski definition) is 7. The first-order chi connectivity index (χ1) is 14.9. The van der Waals surface area contributed by atoms with Crippen LogP contribution in [-0.2, 0) is 0 Å². The second-order valence-corrected chi connectivity index (χ2v) is 6.94. The predicted octanol–water partition coefficient (Wildman–Crippen LogP) is 4.18. The van der Waals surface area contributed by atoms with Crippen molar-refractivity contribution in [3.8, 4) is 17.3 Å². The molecule has 4 aromatic rings. The summed E-state index contributed by atoms with van der Waals surface area (Å²) in [5, 5.41) is 13.2. The summed E-state index contributed by atoms with van der Waals surface area (Å²) in [6, 6.07) is 13.6. The molecule has 154 valence electrons. The van der Waals surface area contributed by atoms with Gasteiger partial charge in [-0.2, -0.15) is 15.2 Å². The smallest absolute Gasteiger partial charge is 0.224 e. The van der Waals surface area contributed by atoms with Crippen LogP contribution in [0.25, 0.3) is 22.2 Å². The van der Waals surface area contributed by atoms with Gasteiger partial charge in [-0.1, -0.05) is 12.1 Å². The Morgan fingerprint density at radius 1 is 1.00 bits per heavy atom. The molecule has 0 saturated heterocycles. The Kier molecular flexibility index (Phi) is 5.05. The van der Waals surface area contributed by atoms with Crippen LogP contribution >= 0.6 is 0 Å². The zero-order chi connectivity index (χ0) is 22.1. The minimum Gasteiger partial charge on any atom is -0.382 e. The first-order valence-electron chi connectivity index (χ1n) is 9.31. The fraction of sp³-hybridized carbons (Fsp3) is 0.0909. The van der Waals surface area contributed by atoms with Crippen LogP contribution in [0.15, 0.2) is 48.5 Å². The van der Waals surface area contributed by atoms with Gasteiger partial charge in [0, 0.05) is 22.6 Å². The minimum atomic E-state index is -0.443. The zero-order valence-corrected chi connectivity index (χ0v) is 16.4. The van der Waals surface area contributed by atoms with Crippen LogP contribution in [0.3, 0.4) is 0 Å². The predicted molar refractivity (Wildman–Crippen MR) is 115 cm³/mol. The molecule has 0 aliphatic carbocycles. The Morgan fingerprint density at radius 2 is 1.77 bits per heavy atom. The molecule has 0 amide bonds. The third kappa shape index (κ3) is 3.91. The molecule has 2 aromatic carbocycles. The van der Waals surface area contributed by atoms with Crippen LogP contribution in [0.4, 0.5) is 26.4 Å². The van der Waals surface area contributed by atoms with Gasteiger partial charge in [0.15, 0.2) is 5.82 Å². The van der Waals surface area contributed by atoms with E-state index in [-0.39, 0.29) is 23.1 Å². The summed E-state index contributed by atoms with van der Waals surface area (Å²) in [6.07, 6.45) is 0. The van der Waals surface area contributed by atoms with Crippen LogP contribution in [0.5, 0.6) is 0 Å². The number of rotatable bonds is 4. The molecule has 0 aliphatic heterocycles. The number of benzene rings is 2. The lowest BCUT2D eigenvalue weighted by molar-refractivity contribution is 0.628. The van der Waals surface area contributed by atoms with E-state index in [1.54, 1.807) is 18.2 Å². The molecule has 5 N–H and O–H groups in total. The van der Waals surface area contributed by atoms with Gasteiger partial charge in [-0.15, -0.1) is 0 Å². The number of nitrogens with zero attached hydrogens (tertiary/aromatic N) is 4. The van der Waals surface area contributed by atoms with Gasteiger partial charge in [0.05, 0.1) is 17.3 Å². The molecule has 1 atom stereocenters. The molecule has 0 aliphatic rings. The van der Waals surface area contributed by atoms with Crippen LogP contribution in [0, 0.1) is 23.0 Å². The second-order valence-electron chi connectivity index (χ2n) is 6.94. The van der Waals surface area contributed by atoms with Crippen molar-refractivity contribution in [2.45, 2.75) is 13.0 Å². The molecule has 0 spiro atoms. The number of anilines is 3. The van der Waals surface area contributed by atoms with Gasteiger partial charge < -0.3 is 16.8 Å². The Balaban J connectivity index is 1.87. The molecule has 0 fully saturated rings. The third-order valence-electron chi connectivity index (χ3n) is 4.79. The van der Waals surface area contributed by atoms with Crippen LogP contribution in [0.2, 0.25) is 0 Å². The van der Waals surface area contributed by atoms with E-state index in [1.807, 2.05) is 19.1 Å². The van der Waals surface area contributed by atoms with E-state index < -0.39 is 17.7 Å². The molecule has 0 unspecified atom stereocenters. The number of halogens is 2. The van der Waals surface area contributed by atoms with Gasteiger partial charge in [-0.05, 0) is 37.3 Å². The van der Waals surface area contributed by atoms with Gasteiger partial charge >= 0.3 is 0 Å². The highest BCUT2D eigenvalue weighted by molar-refractivity contribution is 5.84. The summed E-state index contributed by atoms with van der Waals surface area (Å²) >= 11 is 0. The van der Waals surface area contributed by atoms with Crippen molar-refractivity contribution in [1.82, 2.24) is 15.0 Å². The normalized spacial score (nSPS) is 11.8. The van der Waals surface area contributed by atoms with E-state index >= 15 is 0 Å². The van der Waals surface area contributed by atoms with Crippen molar-refractivity contribution < 1.29 is 8.78 Å². The third-order valence-corrected chi connectivity index (χ3v) is 4.79. The van der Waals surface area contributed by atoms with E-state index in [9.17, 15) is 14.0 Å². The van der Waals surface area contributed by atoms with Gasteiger partial charge in [0.1, 0.15) is 29.1 Å². The summed E-state index contributed by atoms with van der Waals surface area (Å²) in [5.74, 6) is -0.793. The second kappa shape index (κ2) is 7.84. The molecular weight excluding hydrogens is 400 g/mol. The number of pyridine rings is 1. The van der Waals surface area contributed by atoms with Crippen molar-refractivity contribution in [3.63, 3.8) is 0 Å². The Morgan fingerprint density at radius 3 is 2.52 bits per heavy atom. The van der Waals surface area contributed by atoms with E-state index in [0.717, 1.165) is 0 Å². The van der Waals surface area contributed by atoms with E-state index in [0.29, 0.717) is 27.7 Å². The van der Waals surface area contributed by atoms with Crippen molar-refractivity contribution in [2.75, 3.05) is 16.8 Å². The largest absolute Gasteiger partial charge is 0.382 e. The highest BCUT2D eigenvalue weighted by atomic mass is 19.1. The zero-order valence-electron chi connectivity index (χ0n) is 16.4. The summed E-state index contributed by atoms with van der Waals surface area (Å²) in [6.45, 7) is 1.82. The summed E-state index contributed by atoms with van der Waals surface area (Å²) in [7, 11) is 0. The van der Waals surface area contributed by atoms with Crippen molar-refractivity contribution in [1.29, 1.82) is 5.26 Å². The maximum absolute atomic E-state index is 13.9. The van der Waals surface area contributed by atoms with Gasteiger partial charge in [0.25, 0.3) is 0 Å². The number of nitrogens with two attached hydrogens (primary N) is 2. The highest BCUT2D eigenvalue weighted by Gasteiger charge is 2.19. The number of aromatic nitrogens is 3. The van der Waals surface area contributed by atoms with E-state index in [4.69, 9.17) is 11.5 Å². The Hall–Kier alpha value is -4.32. The molecule has 0 radical (unpaired) electrons. The SMILES string of the molecule is C[C@H](Nc1nc(N)nc(N)c1C#N)c1cc2ccc(F)cc2nc1-c1cccc(F)c1. The average Bonchev–Trinajstić information content (AvgIpc) is 2.72. The standard InChI is InChI=1S/C22H17F2N7/c1-11(28-21-17(10-25)20(26)30-22(27)31-21)16-8-12-5-6-15(24)9-18(12)29-19(16)13-3-2-4-14(23)7-13/h2-9,11H,1H3,(H5,26,27,28,30,31)/t11-/m0/s1.